The smallest absolute Gasteiger partial charge is 0.320 e. The summed E-state index contributed by atoms with van der Waals surface area (Å²) in [6.07, 6.45) is 0.809. The van der Waals surface area contributed by atoms with Gasteiger partial charge in [0, 0.05) is 0 Å². The quantitative estimate of drug-likeness (QED) is 0.524. The fraction of sp³-hybridized carbons (Fsp3) is 0.800. The Morgan fingerprint density at radius 2 is 1.86 bits per heavy atom. The van der Waals surface area contributed by atoms with E-state index in [1.807, 2.05) is 13.8 Å². The van der Waals surface area contributed by atoms with Gasteiger partial charge in [-0.2, -0.15) is 0 Å². The summed E-state index contributed by atoms with van der Waals surface area (Å²) in [5, 5.41) is 0.293. The fourth-order valence-corrected chi connectivity index (χ4v) is 0.971. The third-order valence-corrected chi connectivity index (χ3v) is 2.36. The van der Waals surface area contributed by atoms with Crippen molar-refractivity contribution in [2.24, 2.45) is 5.41 Å². The van der Waals surface area contributed by atoms with Crippen LogP contribution in [0, 0.1) is 5.41 Å². The van der Waals surface area contributed by atoms with Gasteiger partial charge in [-0.25, -0.2) is 0 Å². The molecule has 4 heteroatoms. The molecule has 3 nitrogen and oxygen atoms in total. The van der Waals surface area contributed by atoms with Gasteiger partial charge in [0.1, 0.15) is 5.41 Å². The zero-order chi connectivity index (χ0) is 11.2. The molecule has 0 bridgehead atoms. The molecule has 0 atom stereocenters. The largest absolute Gasteiger partial charge is 0.486 e. The number of rotatable bonds is 5. The van der Waals surface area contributed by atoms with E-state index in [0.717, 1.165) is 6.42 Å². The predicted molar refractivity (Wildman–Crippen MR) is 59.3 cm³/mol. The Labute approximate surface area is 90.8 Å². The second kappa shape index (κ2) is 5.96. The van der Waals surface area contributed by atoms with Crippen molar-refractivity contribution >= 4 is 23.2 Å². The van der Waals surface area contributed by atoms with Crippen molar-refractivity contribution in [1.82, 2.24) is 0 Å². The maximum Gasteiger partial charge on any atom is 0.320 e. The lowest BCUT2D eigenvalue weighted by Crippen LogP contribution is -2.35. The minimum atomic E-state index is -0.833. The van der Waals surface area contributed by atoms with Gasteiger partial charge in [-0.1, -0.05) is 6.92 Å². The maximum absolute atomic E-state index is 11.6. The summed E-state index contributed by atoms with van der Waals surface area (Å²) in [5.41, 5.74) is -0.833. The molecule has 0 rings (SSSR count). The Kier molecular flexibility index (Phi) is 5.69. The predicted octanol–water partition coefficient (Wildman–Crippen LogP) is 2.33. The van der Waals surface area contributed by atoms with Crippen molar-refractivity contribution < 1.29 is 14.3 Å². The summed E-state index contributed by atoms with van der Waals surface area (Å²) in [4.78, 5) is 11.6. The molecule has 0 aromatic heterocycles. The average molecular weight is 218 g/mol. The van der Waals surface area contributed by atoms with Crippen LogP contribution in [0.5, 0.6) is 0 Å². The SMILES string of the molecule is CCCOC(=O)C(C)(C)C(=S)OCC. The summed E-state index contributed by atoms with van der Waals surface area (Å²) < 4.78 is 10.2. The molecule has 0 aliphatic rings. The highest BCUT2D eigenvalue weighted by atomic mass is 32.1. The van der Waals surface area contributed by atoms with Gasteiger partial charge in [0.05, 0.1) is 13.2 Å². The molecule has 14 heavy (non-hydrogen) atoms. The normalized spacial score (nSPS) is 10.9. The number of thiocarbonyl (C=S) groups is 1. The van der Waals surface area contributed by atoms with Gasteiger partial charge in [-0.05, 0) is 39.4 Å². The summed E-state index contributed by atoms with van der Waals surface area (Å²) in [7, 11) is 0. The molecule has 0 spiro atoms. The van der Waals surface area contributed by atoms with Crippen LogP contribution in [0.2, 0.25) is 0 Å². The van der Waals surface area contributed by atoms with Crippen LogP contribution in [0.3, 0.4) is 0 Å². The maximum atomic E-state index is 11.6. The molecule has 0 heterocycles. The van der Waals surface area contributed by atoms with Gasteiger partial charge in [0.15, 0.2) is 5.05 Å². The zero-order valence-corrected chi connectivity index (χ0v) is 10.1. The van der Waals surface area contributed by atoms with Crippen LogP contribution in [-0.2, 0) is 14.3 Å². The highest BCUT2D eigenvalue weighted by Gasteiger charge is 2.35. The van der Waals surface area contributed by atoms with Gasteiger partial charge in [0.2, 0.25) is 0 Å². The first-order chi connectivity index (χ1) is 6.46. The van der Waals surface area contributed by atoms with Crippen LogP contribution in [0.25, 0.3) is 0 Å². The monoisotopic (exact) mass is 218 g/mol. The van der Waals surface area contributed by atoms with Gasteiger partial charge in [-0.15, -0.1) is 0 Å². The van der Waals surface area contributed by atoms with Crippen molar-refractivity contribution in [1.29, 1.82) is 0 Å². The third kappa shape index (κ3) is 3.62. The number of hydrogen-bond donors (Lipinski definition) is 0. The molecule has 0 aliphatic heterocycles. The molecule has 0 radical (unpaired) electrons. The van der Waals surface area contributed by atoms with Crippen molar-refractivity contribution in [3.8, 4) is 0 Å². The lowest BCUT2D eigenvalue weighted by Gasteiger charge is -2.22. The number of carbonyl (C=O) groups is 1. The number of carbonyl (C=O) groups excluding carboxylic acids is 1. The molecule has 0 amide bonds. The third-order valence-electron chi connectivity index (χ3n) is 1.73. The van der Waals surface area contributed by atoms with Crippen LogP contribution in [-0.4, -0.2) is 24.2 Å². The number of hydrogen-bond acceptors (Lipinski definition) is 4. The Hall–Kier alpha value is -0.640. The lowest BCUT2D eigenvalue weighted by molar-refractivity contribution is -0.150. The van der Waals surface area contributed by atoms with Gasteiger partial charge in [0.25, 0.3) is 0 Å². The number of esters is 1. The van der Waals surface area contributed by atoms with Crippen LogP contribution in [0.15, 0.2) is 0 Å². The van der Waals surface area contributed by atoms with E-state index < -0.39 is 5.41 Å². The van der Waals surface area contributed by atoms with E-state index in [2.05, 4.69) is 0 Å². The van der Waals surface area contributed by atoms with E-state index in [9.17, 15) is 4.79 Å². The lowest BCUT2D eigenvalue weighted by atomic mass is 9.95. The molecule has 0 aliphatic carbocycles. The van der Waals surface area contributed by atoms with Crippen LogP contribution >= 0.6 is 12.2 Å². The molecule has 0 saturated carbocycles. The zero-order valence-electron chi connectivity index (χ0n) is 9.25. The van der Waals surface area contributed by atoms with Crippen molar-refractivity contribution in [2.75, 3.05) is 13.2 Å². The van der Waals surface area contributed by atoms with Crippen LogP contribution in [0.4, 0.5) is 0 Å². The first kappa shape index (κ1) is 13.4. The molecule has 0 unspecified atom stereocenters. The Morgan fingerprint density at radius 1 is 1.29 bits per heavy atom. The summed E-state index contributed by atoms with van der Waals surface area (Å²) >= 11 is 4.99. The second-order valence-electron chi connectivity index (χ2n) is 3.48. The molecular formula is C10H18O3S. The minimum absolute atomic E-state index is 0.293. The molecule has 0 aromatic rings. The van der Waals surface area contributed by atoms with Gasteiger partial charge < -0.3 is 9.47 Å². The standard InChI is InChI=1S/C10H18O3S/c1-5-7-13-8(11)10(3,4)9(14)12-6-2/h5-7H2,1-4H3. The summed E-state index contributed by atoms with van der Waals surface area (Å²) in [6, 6.07) is 0. The minimum Gasteiger partial charge on any atom is -0.486 e. The molecule has 0 saturated heterocycles. The topological polar surface area (TPSA) is 35.5 Å². The van der Waals surface area contributed by atoms with E-state index in [-0.39, 0.29) is 5.97 Å². The van der Waals surface area contributed by atoms with Crippen LogP contribution in [0.1, 0.15) is 34.1 Å². The van der Waals surface area contributed by atoms with Gasteiger partial charge in [-0.3, -0.25) is 4.79 Å². The van der Waals surface area contributed by atoms with Crippen molar-refractivity contribution in [3.05, 3.63) is 0 Å². The van der Waals surface area contributed by atoms with Crippen molar-refractivity contribution in [3.63, 3.8) is 0 Å². The first-order valence-corrected chi connectivity index (χ1v) is 5.22. The van der Waals surface area contributed by atoms with E-state index >= 15 is 0 Å². The highest BCUT2D eigenvalue weighted by molar-refractivity contribution is 7.80. The van der Waals surface area contributed by atoms with Crippen LogP contribution < -0.4 is 0 Å². The Bertz CT molecular complexity index is 211. The molecule has 0 aromatic carbocycles. The first-order valence-electron chi connectivity index (χ1n) is 4.81. The molecular weight excluding hydrogens is 200 g/mol. The average Bonchev–Trinajstić information content (AvgIpc) is 2.14. The summed E-state index contributed by atoms with van der Waals surface area (Å²) in [5.74, 6) is -0.321. The van der Waals surface area contributed by atoms with E-state index in [0.29, 0.717) is 18.3 Å². The Morgan fingerprint density at radius 3 is 2.29 bits per heavy atom. The number of ether oxygens (including phenoxy) is 2. The highest BCUT2D eigenvalue weighted by Crippen LogP contribution is 2.21. The van der Waals surface area contributed by atoms with E-state index in [1.165, 1.54) is 0 Å². The second-order valence-corrected chi connectivity index (χ2v) is 3.85. The molecule has 0 N–H and O–H groups in total. The van der Waals surface area contributed by atoms with Gasteiger partial charge >= 0.3 is 5.97 Å². The fourth-order valence-electron chi connectivity index (χ4n) is 0.770. The molecule has 82 valence electrons. The molecule has 0 fully saturated rings. The van der Waals surface area contributed by atoms with E-state index in [1.54, 1.807) is 13.8 Å². The van der Waals surface area contributed by atoms with Crippen molar-refractivity contribution in [2.45, 2.75) is 34.1 Å². The Balaban J connectivity index is 4.28. The summed E-state index contributed by atoms with van der Waals surface area (Å²) in [6.45, 7) is 8.10. The van der Waals surface area contributed by atoms with E-state index in [4.69, 9.17) is 21.7 Å².